The molecule has 1 aliphatic rings. The van der Waals surface area contributed by atoms with Gasteiger partial charge in [-0.25, -0.2) is 4.68 Å². The number of aromatic nitrogens is 2. The summed E-state index contributed by atoms with van der Waals surface area (Å²) in [4.78, 5) is 0. The van der Waals surface area contributed by atoms with E-state index in [-0.39, 0.29) is 34.3 Å². The first-order valence-electron chi connectivity index (χ1n) is 6.13. The van der Waals surface area contributed by atoms with Crippen LogP contribution in [0, 0.1) is 0 Å². The van der Waals surface area contributed by atoms with Gasteiger partial charge in [0.05, 0.1) is 15.6 Å². The maximum absolute atomic E-state index is 13.6. The topological polar surface area (TPSA) is 17.8 Å². The highest BCUT2D eigenvalue weighted by Crippen LogP contribution is 2.42. The third-order valence-electron chi connectivity index (χ3n) is 3.42. The van der Waals surface area contributed by atoms with Crippen LogP contribution in [0.5, 0.6) is 0 Å². The van der Waals surface area contributed by atoms with E-state index in [1.807, 2.05) is 0 Å². The lowest BCUT2D eigenvalue weighted by atomic mass is 10.2. The Bertz CT molecular complexity index is 728. The molecule has 0 bridgehead atoms. The van der Waals surface area contributed by atoms with Crippen molar-refractivity contribution in [2.45, 2.75) is 24.9 Å². The van der Waals surface area contributed by atoms with Gasteiger partial charge >= 0.3 is 6.18 Å². The zero-order valence-electron chi connectivity index (χ0n) is 10.7. The van der Waals surface area contributed by atoms with Crippen molar-refractivity contribution in [1.29, 1.82) is 0 Å². The molecule has 1 aliphatic carbocycles. The van der Waals surface area contributed by atoms with Gasteiger partial charge in [-0.3, -0.25) is 0 Å². The van der Waals surface area contributed by atoms with E-state index in [1.165, 1.54) is 6.20 Å². The van der Waals surface area contributed by atoms with Crippen molar-refractivity contribution in [3.8, 4) is 5.69 Å². The van der Waals surface area contributed by atoms with Gasteiger partial charge in [-0.05, 0) is 18.6 Å². The second-order valence-corrected chi connectivity index (χ2v) is 5.75. The molecule has 0 unspecified atom stereocenters. The number of aryl methyl sites for hydroxylation is 1. The number of benzene rings is 1. The van der Waals surface area contributed by atoms with Crippen LogP contribution in [-0.4, -0.2) is 9.78 Å². The zero-order chi connectivity index (χ0) is 16.3. The monoisotopic (exact) mass is 356 g/mol. The summed E-state index contributed by atoms with van der Waals surface area (Å²) < 4.78 is 66.2. The Kier molecular flexibility index (Phi) is 3.41. The van der Waals surface area contributed by atoms with Crippen LogP contribution in [0.25, 0.3) is 5.69 Å². The first kappa shape index (κ1) is 15.6. The fourth-order valence-corrected chi connectivity index (χ4v) is 3.03. The molecule has 1 aromatic heterocycles. The summed E-state index contributed by atoms with van der Waals surface area (Å²) >= 11 is 11.7. The molecule has 3 rings (SSSR count). The maximum Gasteiger partial charge on any atom is 0.416 e. The molecule has 118 valence electrons. The fourth-order valence-electron chi connectivity index (χ4n) is 2.37. The molecule has 0 atom stereocenters. The minimum atomic E-state index is -4.61. The van der Waals surface area contributed by atoms with Gasteiger partial charge in [0.2, 0.25) is 0 Å². The second-order valence-electron chi connectivity index (χ2n) is 4.94. The molecule has 0 radical (unpaired) electrons. The van der Waals surface area contributed by atoms with Crippen LogP contribution >= 0.6 is 23.2 Å². The number of alkyl halides is 5. The van der Waals surface area contributed by atoms with Crippen LogP contribution in [0.4, 0.5) is 22.0 Å². The van der Waals surface area contributed by atoms with Crippen LogP contribution in [0.2, 0.25) is 10.0 Å². The fraction of sp³-hybridized carbons (Fsp3) is 0.308. The molecule has 0 saturated heterocycles. The molecule has 1 aromatic carbocycles. The van der Waals surface area contributed by atoms with E-state index in [0.717, 1.165) is 4.68 Å². The first-order valence-corrected chi connectivity index (χ1v) is 6.88. The van der Waals surface area contributed by atoms with E-state index in [2.05, 4.69) is 5.10 Å². The second kappa shape index (κ2) is 4.83. The SMILES string of the molecule is FC(F)(F)c1cc(Cl)c(-n2cc3c(n2)C(F)(F)CC3)c(Cl)c1. The Morgan fingerprint density at radius 1 is 1.14 bits per heavy atom. The molecule has 0 amide bonds. The average Bonchev–Trinajstić information content (AvgIpc) is 2.89. The van der Waals surface area contributed by atoms with Gasteiger partial charge in [0.15, 0.2) is 0 Å². The minimum absolute atomic E-state index is 0.0541. The predicted octanol–water partition coefficient (Wildman–Crippen LogP) is 5.24. The predicted molar refractivity (Wildman–Crippen MR) is 70.8 cm³/mol. The molecular formula is C13H7Cl2F5N2. The smallest absolute Gasteiger partial charge is 0.237 e. The third-order valence-corrected chi connectivity index (χ3v) is 3.99. The van der Waals surface area contributed by atoms with Crippen LogP contribution in [0.1, 0.15) is 23.2 Å². The van der Waals surface area contributed by atoms with Gasteiger partial charge in [0, 0.05) is 18.2 Å². The molecule has 9 heteroatoms. The van der Waals surface area contributed by atoms with Gasteiger partial charge in [-0.2, -0.15) is 27.1 Å². The highest BCUT2D eigenvalue weighted by atomic mass is 35.5. The lowest BCUT2D eigenvalue weighted by Crippen LogP contribution is -2.11. The summed E-state index contributed by atoms with van der Waals surface area (Å²) in [6.07, 6.45) is -3.49. The summed E-state index contributed by atoms with van der Waals surface area (Å²) in [5.41, 5.74) is -1.13. The Morgan fingerprint density at radius 3 is 2.23 bits per heavy atom. The number of nitrogens with zero attached hydrogens (tertiary/aromatic N) is 2. The van der Waals surface area contributed by atoms with Crippen molar-refractivity contribution in [2.24, 2.45) is 0 Å². The van der Waals surface area contributed by atoms with Gasteiger partial charge < -0.3 is 0 Å². The maximum atomic E-state index is 13.6. The lowest BCUT2D eigenvalue weighted by Gasteiger charge is -2.13. The van der Waals surface area contributed by atoms with Crippen LogP contribution in [0.15, 0.2) is 18.3 Å². The third kappa shape index (κ3) is 2.46. The van der Waals surface area contributed by atoms with E-state index >= 15 is 0 Å². The lowest BCUT2D eigenvalue weighted by molar-refractivity contribution is -0.137. The first-order chi connectivity index (χ1) is 10.1. The van der Waals surface area contributed by atoms with Crippen molar-refractivity contribution >= 4 is 23.2 Å². The molecule has 1 heterocycles. The molecule has 2 nitrogen and oxygen atoms in total. The summed E-state index contributed by atoms with van der Waals surface area (Å²) in [5.74, 6) is -3.05. The van der Waals surface area contributed by atoms with Crippen LogP contribution in [-0.2, 0) is 18.5 Å². The molecule has 0 N–H and O–H groups in total. The van der Waals surface area contributed by atoms with Gasteiger partial charge in [0.1, 0.15) is 11.4 Å². The van der Waals surface area contributed by atoms with E-state index < -0.39 is 17.7 Å². The molecule has 0 saturated carbocycles. The molecule has 2 aromatic rings. The van der Waals surface area contributed by atoms with Crippen LogP contribution < -0.4 is 0 Å². The van der Waals surface area contributed by atoms with Crippen molar-refractivity contribution in [2.75, 3.05) is 0 Å². The van der Waals surface area contributed by atoms with Crippen molar-refractivity contribution in [1.82, 2.24) is 9.78 Å². The average molecular weight is 357 g/mol. The van der Waals surface area contributed by atoms with E-state index in [0.29, 0.717) is 17.7 Å². The van der Waals surface area contributed by atoms with E-state index in [9.17, 15) is 22.0 Å². The summed E-state index contributed by atoms with van der Waals surface area (Å²) in [7, 11) is 0. The largest absolute Gasteiger partial charge is 0.416 e. The molecule has 22 heavy (non-hydrogen) atoms. The molecular weight excluding hydrogens is 350 g/mol. The van der Waals surface area contributed by atoms with E-state index in [4.69, 9.17) is 23.2 Å². The van der Waals surface area contributed by atoms with Crippen LogP contribution in [0.3, 0.4) is 0 Å². The minimum Gasteiger partial charge on any atom is -0.237 e. The van der Waals surface area contributed by atoms with Gasteiger partial charge in [0.25, 0.3) is 5.92 Å². The number of fused-ring (bicyclic) bond motifs is 1. The number of hydrogen-bond donors (Lipinski definition) is 0. The molecule has 0 fully saturated rings. The summed E-state index contributed by atoms with van der Waals surface area (Å²) in [5, 5.41) is 3.11. The quantitative estimate of drug-likeness (QED) is 0.639. The molecule has 0 spiro atoms. The Balaban J connectivity index is 2.11. The Hall–Kier alpha value is -1.34. The number of rotatable bonds is 1. The highest BCUT2D eigenvalue weighted by Gasteiger charge is 2.42. The molecule has 0 aliphatic heterocycles. The van der Waals surface area contributed by atoms with E-state index in [1.54, 1.807) is 0 Å². The summed E-state index contributed by atoms with van der Waals surface area (Å²) in [6.45, 7) is 0. The van der Waals surface area contributed by atoms with Gasteiger partial charge in [-0.1, -0.05) is 23.2 Å². The van der Waals surface area contributed by atoms with Crippen molar-refractivity contribution in [3.63, 3.8) is 0 Å². The standard InChI is InChI=1S/C13H7Cl2F5N2/c14-8-3-7(13(18,19)20)4-9(15)10(8)22-5-6-1-2-12(16,17)11(6)21-22/h3-5H,1-2H2. The highest BCUT2D eigenvalue weighted by molar-refractivity contribution is 6.37. The number of hydrogen-bond acceptors (Lipinski definition) is 1. The normalized spacial score (nSPS) is 16.9. The zero-order valence-corrected chi connectivity index (χ0v) is 12.2. The Morgan fingerprint density at radius 2 is 1.73 bits per heavy atom. The van der Waals surface area contributed by atoms with Crippen molar-refractivity contribution < 1.29 is 22.0 Å². The number of halogens is 7. The van der Waals surface area contributed by atoms with Crippen molar-refractivity contribution in [3.05, 3.63) is 45.2 Å². The van der Waals surface area contributed by atoms with Gasteiger partial charge in [-0.15, -0.1) is 0 Å². The summed E-state index contributed by atoms with van der Waals surface area (Å²) in [6, 6.07) is 1.38. The Labute approximate surface area is 131 Å².